The van der Waals surface area contributed by atoms with Crippen molar-refractivity contribution in [1.29, 1.82) is 0 Å². The molecule has 0 aromatic rings. The molecule has 0 spiro atoms. The fraction of sp³-hybridized carbons (Fsp3) is 1.00. The minimum Gasteiger partial charge on any atom is -0.344 e. The Labute approximate surface area is 124 Å². The number of ether oxygens (including phenoxy) is 2. The Bertz CT molecular complexity index is 414. The van der Waals surface area contributed by atoms with Gasteiger partial charge in [-0.3, -0.25) is 0 Å². The highest BCUT2D eigenvalue weighted by molar-refractivity contribution is 5.17. The second-order valence-corrected chi connectivity index (χ2v) is 8.76. The van der Waals surface area contributed by atoms with E-state index in [9.17, 15) is 0 Å². The Balaban J connectivity index is 2.07. The maximum absolute atomic E-state index is 6.47. The molecule has 3 rings (SSSR count). The summed E-state index contributed by atoms with van der Waals surface area (Å²) in [4.78, 5) is 0. The van der Waals surface area contributed by atoms with Gasteiger partial charge in [0.05, 0.1) is 6.10 Å². The third-order valence-corrected chi connectivity index (χ3v) is 7.44. The molecule has 20 heavy (non-hydrogen) atoms. The van der Waals surface area contributed by atoms with Gasteiger partial charge >= 0.3 is 0 Å². The van der Waals surface area contributed by atoms with Gasteiger partial charge in [-0.1, -0.05) is 27.7 Å². The van der Waals surface area contributed by atoms with Gasteiger partial charge < -0.3 is 9.47 Å². The largest absolute Gasteiger partial charge is 0.344 e. The molecule has 2 aliphatic carbocycles. The molecule has 0 amide bonds. The molecule has 2 nitrogen and oxygen atoms in total. The van der Waals surface area contributed by atoms with E-state index >= 15 is 0 Å². The molecule has 2 heteroatoms. The van der Waals surface area contributed by atoms with Gasteiger partial charge in [0.15, 0.2) is 5.79 Å². The van der Waals surface area contributed by atoms with E-state index in [4.69, 9.17) is 9.47 Å². The van der Waals surface area contributed by atoms with Crippen LogP contribution in [0.1, 0.15) is 74.1 Å². The van der Waals surface area contributed by atoms with Crippen molar-refractivity contribution in [2.75, 3.05) is 0 Å². The molecule has 1 heterocycles. The van der Waals surface area contributed by atoms with Crippen LogP contribution in [0.3, 0.4) is 0 Å². The lowest BCUT2D eigenvalue weighted by atomic mass is 9.48. The van der Waals surface area contributed by atoms with Crippen molar-refractivity contribution in [2.45, 2.75) is 91.6 Å². The molecular formula is C18H32O2. The van der Waals surface area contributed by atoms with E-state index in [-0.39, 0.29) is 17.1 Å². The Morgan fingerprint density at radius 3 is 2.30 bits per heavy atom. The first kappa shape index (κ1) is 14.8. The Morgan fingerprint density at radius 2 is 1.70 bits per heavy atom. The van der Waals surface area contributed by atoms with Crippen LogP contribution in [-0.4, -0.2) is 17.5 Å². The van der Waals surface area contributed by atoms with Crippen molar-refractivity contribution in [3.05, 3.63) is 0 Å². The maximum Gasteiger partial charge on any atom is 0.164 e. The minimum atomic E-state index is -0.437. The third-order valence-electron chi connectivity index (χ3n) is 7.44. The second-order valence-electron chi connectivity index (χ2n) is 8.76. The lowest BCUT2D eigenvalue weighted by Gasteiger charge is -2.59. The van der Waals surface area contributed by atoms with Gasteiger partial charge in [-0.15, -0.1) is 0 Å². The van der Waals surface area contributed by atoms with E-state index < -0.39 is 5.79 Å². The molecular weight excluding hydrogens is 248 g/mol. The van der Waals surface area contributed by atoms with Crippen LogP contribution in [0.25, 0.3) is 0 Å². The van der Waals surface area contributed by atoms with Crippen LogP contribution < -0.4 is 0 Å². The standard InChI is InChI=1S/C18H32O2/c1-8-18-11-14-17(7,20-16(5,6)19-14)15(3,4)13(18)10-9-12(18)2/h12-14H,8-11H2,1-7H3/t12-,13-,14-,17+,18+/m0/s1. The van der Waals surface area contributed by atoms with Crippen LogP contribution in [0.2, 0.25) is 0 Å². The summed E-state index contributed by atoms with van der Waals surface area (Å²) in [6.07, 6.45) is 5.42. The van der Waals surface area contributed by atoms with E-state index in [1.165, 1.54) is 25.7 Å². The van der Waals surface area contributed by atoms with Crippen molar-refractivity contribution in [1.82, 2.24) is 0 Å². The average Bonchev–Trinajstić information content (AvgIpc) is 2.76. The van der Waals surface area contributed by atoms with Gasteiger partial charge in [0.1, 0.15) is 5.60 Å². The van der Waals surface area contributed by atoms with E-state index in [0.717, 1.165) is 11.8 Å². The molecule has 0 bridgehead atoms. The topological polar surface area (TPSA) is 18.5 Å². The van der Waals surface area contributed by atoms with Gasteiger partial charge in [0, 0.05) is 0 Å². The summed E-state index contributed by atoms with van der Waals surface area (Å²) in [6, 6.07) is 0. The molecule has 3 fully saturated rings. The molecule has 0 radical (unpaired) electrons. The Hall–Kier alpha value is -0.0800. The summed E-state index contributed by atoms with van der Waals surface area (Å²) in [5.41, 5.74) is 0.478. The van der Waals surface area contributed by atoms with Crippen LogP contribution in [0, 0.1) is 22.7 Å². The van der Waals surface area contributed by atoms with Crippen molar-refractivity contribution in [3.63, 3.8) is 0 Å². The van der Waals surface area contributed by atoms with Crippen LogP contribution in [0.15, 0.2) is 0 Å². The van der Waals surface area contributed by atoms with Crippen molar-refractivity contribution >= 4 is 0 Å². The Morgan fingerprint density at radius 1 is 1.05 bits per heavy atom. The fourth-order valence-electron chi connectivity index (χ4n) is 6.03. The monoisotopic (exact) mass is 280 g/mol. The van der Waals surface area contributed by atoms with Gasteiger partial charge in [-0.05, 0) is 69.1 Å². The number of hydrogen-bond acceptors (Lipinski definition) is 2. The fourth-order valence-corrected chi connectivity index (χ4v) is 6.03. The molecule has 0 unspecified atom stereocenters. The summed E-state index contributed by atoms with van der Waals surface area (Å²) in [7, 11) is 0. The highest BCUT2D eigenvalue weighted by Crippen LogP contribution is 2.69. The lowest BCUT2D eigenvalue weighted by Crippen LogP contribution is -2.62. The van der Waals surface area contributed by atoms with E-state index in [1.807, 2.05) is 0 Å². The first-order valence-electron chi connectivity index (χ1n) is 8.47. The molecule has 2 saturated carbocycles. The minimum absolute atomic E-state index is 0.149. The predicted molar refractivity (Wildman–Crippen MR) is 81.5 cm³/mol. The second kappa shape index (κ2) is 4.01. The van der Waals surface area contributed by atoms with Gasteiger partial charge in [-0.25, -0.2) is 0 Å². The predicted octanol–water partition coefficient (Wildman–Crippen LogP) is 4.77. The first-order chi connectivity index (χ1) is 9.09. The summed E-state index contributed by atoms with van der Waals surface area (Å²) in [6.45, 7) is 16.1. The van der Waals surface area contributed by atoms with Gasteiger partial charge in [0.2, 0.25) is 0 Å². The highest BCUT2D eigenvalue weighted by Gasteiger charge is 2.69. The molecule has 0 aromatic heterocycles. The Kier molecular flexibility index (Phi) is 2.98. The van der Waals surface area contributed by atoms with Crippen molar-refractivity contribution in [2.24, 2.45) is 22.7 Å². The number of hydrogen-bond donors (Lipinski definition) is 0. The van der Waals surface area contributed by atoms with Crippen LogP contribution in [0.4, 0.5) is 0 Å². The van der Waals surface area contributed by atoms with Crippen LogP contribution in [0.5, 0.6) is 0 Å². The van der Waals surface area contributed by atoms with Gasteiger partial charge in [0.25, 0.3) is 0 Å². The SMILES string of the molecule is CC[C@]12C[C@@H]3OC(C)(C)O[C@@]3(C)C(C)(C)[C@@H]1CC[C@@H]2C. The maximum atomic E-state index is 6.47. The normalized spacial score (nSPS) is 52.6. The summed E-state index contributed by atoms with van der Waals surface area (Å²) >= 11 is 0. The number of fused-ring (bicyclic) bond motifs is 2. The molecule has 1 aliphatic heterocycles. The molecule has 3 aliphatic rings. The highest BCUT2D eigenvalue weighted by atomic mass is 16.8. The zero-order valence-corrected chi connectivity index (χ0v) is 14.4. The van der Waals surface area contributed by atoms with Crippen LogP contribution in [-0.2, 0) is 9.47 Å². The zero-order valence-electron chi connectivity index (χ0n) is 14.4. The number of rotatable bonds is 1. The van der Waals surface area contributed by atoms with E-state index in [2.05, 4.69) is 48.5 Å². The molecule has 0 aromatic carbocycles. The van der Waals surface area contributed by atoms with Crippen molar-refractivity contribution in [3.8, 4) is 0 Å². The third kappa shape index (κ3) is 1.58. The molecule has 1 saturated heterocycles. The summed E-state index contributed by atoms with van der Waals surface area (Å²) in [5, 5.41) is 0. The smallest absolute Gasteiger partial charge is 0.164 e. The van der Waals surface area contributed by atoms with Crippen molar-refractivity contribution < 1.29 is 9.47 Å². The van der Waals surface area contributed by atoms with Crippen LogP contribution >= 0.6 is 0 Å². The summed E-state index contributed by atoms with van der Waals surface area (Å²) < 4.78 is 12.8. The molecule has 116 valence electrons. The zero-order chi connectivity index (χ0) is 15.0. The summed E-state index contributed by atoms with van der Waals surface area (Å²) in [5.74, 6) is 1.13. The molecule has 0 N–H and O–H groups in total. The lowest BCUT2D eigenvalue weighted by molar-refractivity contribution is -0.203. The van der Waals surface area contributed by atoms with E-state index in [0.29, 0.717) is 5.41 Å². The molecule has 5 atom stereocenters. The average molecular weight is 280 g/mol. The van der Waals surface area contributed by atoms with E-state index in [1.54, 1.807) is 0 Å². The quantitative estimate of drug-likeness (QED) is 0.689. The van der Waals surface area contributed by atoms with Gasteiger partial charge in [-0.2, -0.15) is 0 Å². The first-order valence-corrected chi connectivity index (χ1v) is 8.47.